The third-order valence-electron chi connectivity index (χ3n) is 2.92. The van der Waals surface area contributed by atoms with Gasteiger partial charge in [0.2, 0.25) is 5.91 Å². The zero-order valence-corrected chi connectivity index (χ0v) is 12.1. The monoisotopic (exact) mass is 278 g/mol. The van der Waals surface area contributed by atoms with Crippen molar-refractivity contribution in [1.29, 1.82) is 0 Å². The molecule has 5 heteroatoms. The number of hydrogen-bond donors (Lipinski definition) is 1. The highest BCUT2D eigenvalue weighted by atomic mass is 16.5. The highest BCUT2D eigenvalue weighted by Gasteiger charge is 2.08. The molecule has 0 unspecified atom stereocenters. The van der Waals surface area contributed by atoms with Crippen LogP contribution in [0.4, 0.5) is 0 Å². The van der Waals surface area contributed by atoms with Crippen LogP contribution in [0.15, 0.2) is 30.3 Å². The molecule has 5 nitrogen and oxygen atoms in total. The fourth-order valence-corrected chi connectivity index (χ4v) is 1.76. The second kappa shape index (κ2) is 9.09. The van der Waals surface area contributed by atoms with Crippen molar-refractivity contribution >= 4 is 11.9 Å². The molecular formula is C15H22N2O3. The first kappa shape index (κ1) is 16.2. The highest BCUT2D eigenvalue weighted by molar-refractivity contribution is 5.78. The topological polar surface area (TPSA) is 58.6 Å². The number of carbonyl (C=O) groups excluding carboxylic acids is 2. The minimum atomic E-state index is -0.263. The molecule has 0 aromatic heterocycles. The van der Waals surface area contributed by atoms with Gasteiger partial charge in [0.05, 0.1) is 20.1 Å². The average molecular weight is 278 g/mol. The first-order valence-electron chi connectivity index (χ1n) is 6.68. The first-order valence-corrected chi connectivity index (χ1v) is 6.68. The number of hydrogen-bond acceptors (Lipinski definition) is 4. The Morgan fingerprint density at radius 3 is 2.60 bits per heavy atom. The Hall–Kier alpha value is -1.88. The molecule has 0 aliphatic heterocycles. The Balaban J connectivity index is 2.15. The fraction of sp³-hybridized carbons (Fsp3) is 0.467. The van der Waals surface area contributed by atoms with E-state index in [1.54, 1.807) is 11.9 Å². The molecule has 1 rings (SSSR count). The molecule has 0 heterocycles. The summed E-state index contributed by atoms with van der Waals surface area (Å²) in [6.07, 6.45) is 1.11. The Bertz CT molecular complexity index is 420. The summed E-state index contributed by atoms with van der Waals surface area (Å²) in [5, 5.41) is 2.87. The number of carbonyl (C=O) groups is 2. The molecule has 0 fully saturated rings. The molecule has 0 aliphatic carbocycles. The van der Waals surface area contributed by atoms with Crippen LogP contribution < -0.4 is 5.32 Å². The van der Waals surface area contributed by atoms with E-state index in [-0.39, 0.29) is 18.4 Å². The van der Waals surface area contributed by atoms with Gasteiger partial charge >= 0.3 is 5.97 Å². The van der Waals surface area contributed by atoms with Crippen LogP contribution in [0.3, 0.4) is 0 Å². The van der Waals surface area contributed by atoms with Gasteiger partial charge in [0.15, 0.2) is 0 Å². The van der Waals surface area contributed by atoms with Crippen molar-refractivity contribution in [3.63, 3.8) is 0 Å². The third-order valence-corrected chi connectivity index (χ3v) is 2.92. The molecule has 0 saturated carbocycles. The molecular weight excluding hydrogens is 256 g/mol. The summed E-state index contributed by atoms with van der Waals surface area (Å²) >= 11 is 0. The number of methoxy groups -OCH3 is 1. The molecule has 20 heavy (non-hydrogen) atoms. The lowest BCUT2D eigenvalue weighted by molar-refractivity contribution is -0.141. The van der Waals surface area contributed by atoms with Gasteiger partial charge in [-0.2, -0.15) is 0 Å². The second-order valence-corrected chi connectivity index (χ2v) is 4.65. The summed E-state index contributed by atoms with van der Waals surface area (Å²) in [7, 11) is 3.17. The van der Waals surface area contributed by atoms with Crippen LogP contribution in [0.2, 0.25) is 0 Å². The summed E-state index contributed by atoms with van der Waals surface area (Å²) in [6.45, 7) is 1.41. The van der Waals surface area contributed by atoms with E-state index in [2.05, 4.69) is 10.1 Å². The van der Waals surface area contributed by atoms with Gasteiger partial charge in [0.25, 0.3) is 0 Å². The Morgan fingerprint density at radius 1 is 1.25 bits per heavy atom. The Morgan fingerprint density at radius 2 is 1.95 bits per heavy atom. The highest BCUT2D eigenvalue weighted by Crippen LogP contribution is 1.98. The smallest absolute Gasteiger partial charge is 0.306 e. The quantitative estimate of drug-likeness (QED) is 0.716. The van der Waals surface area contributed by atoms with Crippen molar-refractivity contribution in [1.82, 2.24) is 10.2 Å². The number of esters is 1. The van der Waals surface area contributed by atoms with Gasteiger partial charge in [0.1, 0.15) is 0 Å². The van der Waals surface area contributed by atoms with Gasteiger partial charge in [-0.15, -0.1) is 0 Å². The normalized spacial score (nSPS) is 10.3. The number of benzene rings is 1. The van der Waals surface area contributed by atoms with Crippen LogP contribution in [0.25, 0.3) is 0 Å². The van der Waals surface area contributed by atoms with Crippen LogP contribution in [0.1, 0.15) is 12.0 Å². The number of ether oxygens (including phenoxy) is 1. The van der Waals surface area contributed by atoms with Gasteiger partial charge in [-0.05, 0) is 19.0 Å². The third kappa shape index (κ3) is 6.89. The van der Waals surface area contributed by atoms with E-state index in [1.165, 1.54) is 12.7 Å². The van der Waals surface area contributed by atoms with Crippen LogP contribution in [0, 0.1) is 0 Å². The maximum atomic E-state index is 11.7. The molecule has 0 saturated heterocycles. The molecule has 1 aromatic rings. The standard InChI is InChI=1S/C15H22N2O3/c1-17(11-9-15(19)20-2)12-14(18)16-10-8-13-6-4-3-5-7-13/h3-7H,8-12H2,1-2H3,(H,16,18). The largest absolute Gasteiger partial charge is 0.469 e. The number of rotatable bonds is 8. The number of amides is 1. The van der Waals surface area contributed by atoms with Gasteiger partial charge in [-0.1, -0.05) is 30.3 Å². The van der Waals surface area contributed by atoms with Crippen molar-refractivity contribution in [3.8, 4) is 0 Å². The Labute approximate surface area is 119 Å². The summed E-state index contributed by atoms with van der Waals surface area (Å²) in [5.41, 5.74) is 1.20. The molecule has 0 radical (unpaired) electrons. The lowest BCUT2D eigenvalue weighted by Crippen LogP contribution is -2.37. The van der Waals surface area contributed by atoms with Crippen molar-refractivity contribution in [2.75, 3.05) is 33.8 Å². The van der Waals surface area contributed by atoms with Crippen LogP contribution >= 0.6 is 0 Å². The number of nitrogens with zero attached hydrogens (tertiary/aromatic N) is 1. The van der Waals surface area contributed by atoms with Crippen LogP contribution in [0.5, 0.6) is 0 Å². The Kier molecular flexibility index (Phi) is 7.35. The van der Waals surface area contributed by atoms with Crippen LogP contribution in [-0.4, -0.2) is 50.6 Å². The number of nitrogens with one attached hydrogen (secondary N) is 1. The van der Waals surface area contributed by atoms with Crippen molar-refractivity contribution in [2.45, 2.75) is 12.8 Å². The fourth-order valence-electron chi connectivity index (χ4n) is 1.76. The van der Waals surface area contributed by atoms with E-state index < -0.39 is 0 Å². The summed E-state index contributed by atoms with van der Waals surface area (Å²) in [4.78, 5) is 24.5. The molecule has 0 bridgehead atoms. The predicted molar refractivity (Wildman–Crippen MR) is 77.3 cm³/mol. The van der Waals surface area contributed by atoms with Crippen molar-refractivity contribution in [3.05, 3.63) is 35.9 Å². The van der Waals surface area contributed by atoms with Gasteiger partial charge in [-0.25, -0.2) is 0 Å². The molecule has 0 aliphatic rings. The predicted octanol–water partition coefficient (Wildman–Crippen LogP) is 0.840. The molecule has 0 atom stereocenters. The summed E-state index contributed by atoms with van der Waals surface area (Å²) < 4.78 is 4.55. The van der Waals surface area contributed by atoms with E-state index >= 15 is 0 Å². The van der Waals surface area contributed by atoms with E-state index in [0.717, 1.165) is 6.42 Å². The maximum Gasteiger partial charge on any atom is 0.306 e. The van der Waals surface area contributed by atoms with E-state index in [9.17, 15) is 9.59 Å². The molecule has 110 valence electrons. The first-order chi connectivity index (χ1) is 9.61. The summed E-state index contributed by atoms with van der Waals surface area (Å²) in [5.74, 6) is -0.297. The molecule has 1 amide bonds. The van der Waals surface area contributed by atoms with Gasteiger partial charge < -0.3 is 10.1 Å². The zero-order chi connectivity index (χ0) is 14.8. The molecule has 1 N–H and O–H groups in total. The van der Waals surface area contributed by atoms with E-state index in [0.29, 0.717) is 19.5 Å². The maximum absolute atomic E-state index is 11.7. The lowest BCUT2D eigenvalue weighted by atomic mass is 10.1. The van der Waals surface area contributed by atoms with Gasteiger partial charge in [0, 0.05) is 13.1 Å². The SMILES string of the molecule is COC(=O)CCN(C)CC(=O)NCCc1ccccc1. The van der Waals surface area contributed by atoms with Crippen LogP contribution in [-0.2, 0) is 20.7 Å². The zero-order valence-electron chi connectivity index (χ0n) is 12.1. The second-order valence-electron chi connectivity index (χ2n) is 4.65. The van der Waals surface area contributed by atoms with E-state index in [1.807, 2.05) is 30.3 Å². The molecule has 1 aromatic carbocycles. The molecule has 0 spiro atoms. The number of likely N-dealkylation sites (N-methyl/N-ethyl adjacent to an activating group) is 1. The van der Waals surface area contributed by atoms with Crippen molar-refractivity contribution in [2.24, 2.45) is 0 Å². The van der Waals surface area contributed by atoms with Gasteiger partial charge in [-0.3, -0.25) is 14.5 Å². The minimum absolute atomic E-state index is 0.0340. The minimum Gasteiger partial charge on any atom is -0.469 e. The van der Waals surface area contributed by atoms with E-state index in [4.69, 9.17) is 0 Å². The summed E-state index contributed by atoms with van der Waals surface area (Å²) in [6, 6.07) is 10.0. The average Bonchev–Trinajstić information content (AvgIpc) is 2.45. The lowest BCUT2D eigenvalue weighted by Gasteiger charge is -2.15. The van der Waals surface area contributed by atoms with Crippen molar-refractivity contribution < 1.29 is 14.3 Å².